The summed E-state index contributed by atoms with van der Waals surface area (Å²) in [6.07, 6.45) is 1.27. The molecule has 1 aromatic rings. The number of carbonyl (C=O) groups excluding carboxylic acids is 3. The Labute approximate surface area is 154 Å². The van der Waals surface area contributed by atoms with Gasteiger partial charge in [0.15, 0.2) is 5.78 Å². The van der Waals surface area contributed by atoms with Gasteiger partial charge in [-0.25, -0.2) is 4.79 Å². The van der Waals surface area contributed by atoms with E-state index in [4.69, 9.17) is 4.74 Å². The van der Waals surface area contributed by atoms with Crippen LogP contribution in [0.1, 0.15) is 50.4 Å². The number of nitrogens with zero attached hydrogens (tertiary/aromatic N) is 2. The lowest BCUT2D eigenvalue weighted by Gasteiger charge is -2.36. The van der Waals surface area contributed by atoms with Gasteiger partial charge in [0.1, 0.15) is 5.60 Å². The largest absolute Gasteiger partial charge is 0.444 e. The number of rotatable bonds is 1. The lowest BCUT2D eigenvalue weighted by atomic mass is 9.93. The molecule has 2 aliphatic rings. The Morgan fingerprint density at radius 2 is 1.73 bits per heavy atom. The molecule has 0 unspecified atom stereocenters. The molecule has 0 aliphatic carbocycles. The zero-order valence-corrected chi connectivity index (χ0v) is 15.7. The summed E-state index contributed by atoms with van der Waals surface area (Å²) >= 11 is 0. The molecule has 0 saturated carbocycles. The van der Waals surface area contributed by atoms with Gasteiger partial charge in [0.25, 0.3) is 0 Å². The van der Waals surface area contributed by atoms with Crippen molar-refractivity contribution in [3.05, 3.63) is 29.8 Å². The molecule has 3 rings (SSSR count). The quantitative estimate of drug-likeness (QED) is 0.773. The number of hydrogen-bond donors (Lipinski definition) is 0. The number of likely N-dealkylation sites (tertiary alicyclic amines) is 1. The zero-order chi connectivity index (χ0) is 18.9. The topological polar surface area (TPSA) is 66.9 Å². The number of Topliss-reactive ketones (excluding diaryl/α,β-unsaturated/α-hetero) is 1. The van der Waals surface area contributed by atoms with Gasteiger partial charge in [-0.1, -0.05) is 12.1 Å². The summed E-state index contributed by atoms with van der Waals surface area (Å²) in [5.74, 6) is 0.00753. The Kier molecular flexibility index (Phi) is 5.03. The lowest BCUT2D eigenvalue weighted by Crippen LogP contribution is -2.47. The summed E-state index contributed by atoms with van der Waals surface area (Å²) in [6.45, 7) is 6.99. The third-order valence-electron chi connectivity index (χ3n) is 4.82. The number of hydrogen-bond acceptors (Lipinski definition) is 4. The Balaban J connectivity index is 1.64. The molecule has 0 atom stereocenters. The minimum Gasteiger partial charge on any atom is -0.444 e. The predicted octanol–water partition coefficient (Wildman–Crippen LogP) is 3.25. The molecule has 1 saturated heterocycles. The van der Waals surface area contributed by atoms with Crippen LogP contribution in [-0.2, 0) is 9.53 Å². The van der Waals surface area contributed by atoms with Crippen LogP contribution in [0.2, 0.25) is 0 Å². The first-order chi connectivity index (χ1) is 12.3. The first-order valence-corrected chi connectivity index (χ1v) is 9.18. The molecule has 6 heteroatoms. The van der Waals surface area contributed by atoms with E-state index in [1.165, 1.54) is 0 Å². The van der Waals surface area contributed by atoms with Crippen molar-refractivity contribution < 1.29 is 19.1 Å². The monoisotopic (exact) mass is 358 g/mol. The fourth-order valence-electron chi connectivity index (χ4n) is 3.50. The van der Waals surface area contributed by atoms with Gasteiger partial charge in [-0.3, -0.25) is 9.59 Å². The Morgan fingerprint density at radius 1 is 1.08 bits per heavy atom. The summed E-state index contributed by atoms with van der Waals surface area (Å²) in [5, 5.41) is 0. The molecule has 0 bridgehead atoms. The fourth-order valence-corrected chi connectivity index (χ4v) is 3.50. The number of ether oxygens (including phenoxy) is 1. The van der Waals surface area contributed by atoms with Gasteiger partial charge in [0, 0.05) is 37.5 Å². The average molecular weight is 358 g/mol. The second-order valence-corrected chi connectivity index (χ2v) is 7.92. The van der Waals surface area contributed by atoms with Gasteiger partial charge in [-0.15, -0.1) is 0 Å². The lowest BCUT2D eigenvalue weighted by molar-refractivity contribution is -0.123. The molecule has 140 valence electrons. The maximum absolute atomic E-state index is 13.0. The van der Waals surface area contributed by atoms with E-state index in [0.717, 1.165) is 0 Å². The van der Waals surface area contributed by atoms with Gasteiger partial charge < -0.3 is 14.5 Å². The Bertz CT molecular complexity index is 715. The molecule has 1 aromatic carbocycles. The van der Waals surface area contributed by atoms with Crippen molar-refractivity contribution in [3.63, 3.8) is 0 Å². The van der Waals surface area contributed by atoms with E-state index in [-0.39, 0.29) is 23.7 Å². The van der Waals surface area contributed by atoms with Gasteiger partial charge in [0.2, 0.25) is 5.91 Å². The molecule has 0 spiro atoms. The van der Waals surface area contributed by atoms with Crippen LogP contribution < -0.4 is 4.90 Å². The summed E-state index contributed by atoms with van der Waals surface area (Å²) < 4.78 is 5.40. The smallest absolute Gasteiger partial charge is 0.410 e. The number of para-hydroxylation sites is 1. The number of anilines is 1. The summed E-state index contributed by atoms with van der Waals surface area (Å²) in [5.41, 5.74) is 0.815. The molecule has 0 aromatic heterocycles. The van der Waals surface area contributed by atoms with Crippen LogP contribution in [-0.4, -0.2) is 47.9 Å². The Hall–Kier alpha value is -2.37. The van der Waals surface area contributed by atoms with E-state index >= 15 is 0 Å². The first-order valence-electron chi connectivity index (χ1n) is 9.18. The van der Waals surface area contributed by atoms with Crippen molar-refractivity contribution in [1.29, 1.82) is 0 Å². The number of carbonyl (C=O) groups is 3. The second kappa shape index (κ2) is 7.09. The van der Waals surface area contributed by atoms with Crippen LogP contribution in [0, 0.1) is 5.92 Å². The number of piperidine rings is 1. The minimum atomic E-state index is -0.520. The van der Waals surface area contributed by atoms with E-state index in [2.05, 4.69) is 0 Å². The van der Waals surface area contributed by atoms with E-state index in [1.54, 1.807) is 15.9 Å². The van der Waals surface area contributed by atoms with Gasteiger partial charge >= 0.3 is 6.09 Å². The predicted molar refractivity (Wildman–Crippen MR) is 98.3 cm³/mol. The molecule has 6 nitrogen and oxygen atoms in total. The molecule has 2 heterocycles. The van der Waals surface area contributed by atoms with E-state index < -0.39 is 5.60 Å². The zero-order valence-electron chi connectivity index (χ0n) is 15.7. The van der Waals surface area contributed by atoms with Crippen molar-refractivity contribution in [3.8, 4) is 0 Å². The third-order valence-corrected chi connectivity index (χ3v) is 4.82. The molecule has 2 amide bonds. The third kappa shape index (κ3) is 3.89. The molecule has 0 N–H and O–H groups in total. The molecular formula is C20H26N2O4. The van der Waals surface area contributed by atoms with Crippen molar-refractivity contribution in [2.45, 2.75) is 45.6 Å². The fraction of sp³-hybridized carbons (Fsp3) is 0.550. The second-order valence-electron chi connectivity index (χ2n) is 7.92. The minimum absolute atomic E-state index is 0.0498. The van der Waals surface area contributed by atoms with Crippen LogP contribution in [0.15, 0.2) is 24.3 Å². The highest BCUT2D eigenvalue weighted by atomic mass is 16.6. The highest BCUT2D eigenvalue weighted by molar-refractivity contribution is 6.09. The van der Waals surface area contributed by atoms with E-state index in [0.29, 0.717) is 50.1 Å². The maximum atomic E-state index is 13.0. The Morgan fingerprint density at radius 3 is 2.38 bits per heavy atom. The molecule has 1 fully saturated rings. The first kappa shape index (κ1) is 18.4. The molecule has 26 heavy (non-hydrogen) atoms. The normalized spacial score (nSPS) is 18.5. The van der Waals surface area contributed by atoms with Crippen LogP contribution in [0.4, 0.5) is 10.5 Å². The van der Waals surface area contributed by atoms with Crippen molar-refractivity contribution in [2.24, 2.45) is 5.92 Å². The number of ketones is 1. The van der Waals surface area contributed by atoms with Crippen molar-refractivity contribution in [1.82, 2.24) is 4.90 Å². The van der Waals surface area contributed by atoms with Crippen LogP contribution in [0.3, 0.4) is 0 Å². The standard InChI is InChI=1S/C20H26N2O4/c1-20(2,3)26-19(25)21-11-8-14(9-12-21)18(24)22-13-10-17(23)15-6-4-5-7-16(15)22/h4-7,14H,8-13H2,1-3H3. The van der Waals surface area contributed by atoms with Crippen molar-refractivity contribution in [2.75, 3.05) is 24.5 Å². The van der Waals surface area contributed by atoms with E-state index in [1.807, 2.05) is 39.0 Å². The highest BCUT2D eigenvalue weighted by Gasteiger charge is 2.35. The average Bonchev–Trinajstić information content (AvgIpc) is 2.60. The van der Waals surface area contributed by atoms with Crippen LogP contribution in [0.5, 0.6) is 0 Å². The number of fused-ring (bicyclic) bond motifs is 1. The van der Waals surface area contributed by atoms with Gasteiger partial charge in [-0.2, -0.15) is 0 Å². The van der Waals surface area contributed by atoms with E-state index in [9.17, 15) is 14.4 Å². The summed E-state index contributed by atoms with van der Waals surface area (Å²) in [6, 6.07) is 7.29. The van der Waals surface area contributed by atoms with Crippen LogP contribution >= 0.6 is 0 Å². The van der Waals surface area contributed by atoms with Gasteiger partial charge in [-0.05, 0) is 45.7 Å². The van der Waals surface area contributed by atoms with Crippen LogP contribution in [0.25, 0.3) is 0 Å². The molecule has 0 radical (unpaired) electrons. The molecular weight excluding hydrogens is 332 g/mol. The summed E-state index contributed by atoms with van der Waals surface area (Å²) in [4.78, 5) is 40.6. The molecule has 2 aliphatic heterocycles. The van der Waals surface area contributed by atoms with Crippen molar-refractivity contribution >= 4 is 23.5 Å². The maximum Gasteiger partial charge on any atom is 0.410 e. The highest BCUT2D eigenvalue weighted by Crippen LogP contribution is 2.30. The number of benzene rings is 1. The summed E-state index contributed by atoms with van der Waals surface area (Å²) in [7, 11) is 0. The number of amides is 2. The SMILES string of the molecule is CC(C)(C)OC(=O)N1CCC(C(=O)N2CCC(=O)c3ccccc32)CC1. The van der Waals surface area contributed by atoms with Gasteiger partial charge in [0.05, 0.1) is 5.69 Å².